The molecule has 0 aliphatic carbocycles. The third kappa shape index (κ3) is 1.50. The van der Waals surface area contributed by atoms with Gasteiger partial charge in [0, 0.05) is 15.8 Å². The minimum absolute atomic E-state index is 0.876. The highest BCUT2D eigenvalue weighted by atomic mass is 79.9. The van der Waals surface area contributed by atoms with E-state index in [2.05, 4.69) is 49.6 Å². The van der Waals surface area contributed by atoms with Crippen molar-refractivity contribution in [3.05, 3.63) is 33.3 Å². The van der Waals surface area contributed by atoms with Crippen LogP contribution < -0.4 is 0 Å². The van der Waals surface area contributed by atoms with Gasteiger partial charge in [-0.1, -0.05) is 0 Å². The number of hydrogen-bond donors (Lipinski definition) is 0. The quantitative estimate of drug-likeness (QED) is 0.619. The van der Waals surface area contributed by atoms with Gasteiger partial charge in [-0.25, -0.2) is 9.97 Å². The predicted octanol–water partition coefficient (Wildman–Crippen LogP) is 4.49. The molecule has 0 bridgehead atoms. The van der Waals surface area contributed by atoms with E-state index in [0.29, 0.717) is 0 Å². The molecule has 16 heavy (non-hydrogen) atoms. The first kappa shape index (κ1) is 10.4. The molecule has 0 amide bonds. The maximum Gasteiger partial charge on any atom is 0.128 e. The summed E-state index contributed by atoms with van der Waals surface area (Å²) < 4.78 is 0.876. The number of aryl methyl sites for hydroxylation is 1. The van der Waals surface area contributed by atoms with Gasteiger partial charge < -0.3 is 0 Å². The SMILES string of the molecule is Cc1ccsc1-c1csc2ncnc(Br)c12. The van der Waals surface area contributed by atoms with Crippen LogP contribution in [0, 0.1) is 6.92 Å². The van der Waals surface area contributed by atoms with Crippen molar-refractivity contribution in [2.24, 2.45) is 0 Å². The number of nitrogens with zero attached hydrogens (tertiary/aromatic N) is 2. The second-order valence-corrected chi connectivity index (χ2v) is 5.95. The summed E-state index contributed by atoms with van der Waals surface area (Å²) in [5.41, 5.74) is 2.54. The summed E-state index contributed by atoms with van der Waals surface area (Å²) in [7, 11) is 0. The lowest BCUT2D eigenvalue weighted by molar-refractivity contribution is 1.20. The zero-order chi connectivity index (χ0) is 11.1. The Morgan fingerprint density at radius 1 is 1.25 bits per heavy atom. The summed E-state index contributed by atoms with van der Waals surface area (Å²) in [5, 5.41) is 5.40. The molecule has 2 nitrogen and oxygen atoms in total. The van der Waals surface area contributed by atoms with E-state index in [1.807, 2.05) is 0 Å². The zero-order valence-corrected chi connectivity index (χ0v) is 11.6. The Hall–Kier alpha value is -0.780. The van der Waals surface area contributed by atoms with Gasteiger partial charge in [-0.2, -0.15) is 0 Å². The lowest BCUT2D eigenvalue weighted by Crippen LogP contribution is -1.81. The van der Waals surface area contributed by atoms with Crippen LogP contribution in [-0.2, 0) is 0 Å². The van der Waals surface area contributed by atoms with Gasteiger partial charge in [0.25, 0.3) is 0 Å². The van der Waals surface area contributed by atoms with E-state index in [0.717, 1.165) is 14.8 Å². The molecular weight excluding hydrogens is 304 g/mol. The van der Waals surface area contributed by atoms with Crippen molar-refractivity contribution < 1.29 is 0 Å². The van der Waals surface area contributed by atoms with Crippen molar-refractivity contribution >= 4 is 48.8 Å². The topological polar surface area (TPSA) is 25.8 Å². The molecule has 0 aliphatic rings. The van der Waals surface area contributed by atoms with E-state index in [-0.39, 0.29) is 0 Å². The molecule has 0 aromatic carbocycles. The maximum atomic E-state index is 4.28. The molecular formula is C11H7BrN2S2. The molecule has 0 atom stereocenters. The first-order valence-electron chi connectivity index (χ1n) is 4.69. The van der Waals surface area contributed by atoms with Crippen molar-refractivity contribution in [3.63, 3.8) is 0 Å². The molecule has 3 aromatic heterocycles. The van der Waals surface area contributed by atoms with Gasteiger partial charge >= 0.3 is 0 Å². The first-order chi connectivity index (χ1) is 7.77. The Labute approximate surface area is 109 Å². The standard InChI is InChI=1S/C11H7BrN2S2/c1-6-2-3-15-9(6)7-4-16-11-8(7)10(12)13-5-14-11/h2-5H,1H3. The van der Waals surface area contributed by atoms with Gasteiger partial charge in [-0.15, -0.1) is 22.7 Å². The van der Waals surface area contributed by atoms with Gasteiger partial charge in [0.05, 0.1) is 5.39 Å². The molecule has 0 fully saturated rings. The monoisotopic (exact) mass is 310 g/mol. The summed E-state index contributed by atoms with van der Waals surface area (Å²) in [5.74, 6) is 0. The van der Waals surface area contributed by atoms with Crippen molar-refractivity contribution in [3.8, 4) is 10.4 Å². The third-order valence-corrected chi connectivity index (χ3v) is 4.97. The van der Waals surface area contributed by atoms with Crippen molar-refractivity contribution in [1.82, 2.24) is 9.97 Å². The largest absolute Gasteiger partial charge is 0.229 e. The lowest BCUT2D eigenvalue weighted by Gasteiger charge is -1.99. The molecule has 5 heteroatoms. The molecule has 0 saturated heterocycles. The Morgan fingerprint density at radius 2 is 2.12 bits per heavy atom. The fourth-order valence-corrected chi connectivity index (χ4v) is 4.20. The highest BCUT2D eigenvalue weighted by Gasteiger charge is 2.13. The van der Waals surface area contributed by atoms with E-state index in [9.17, 15) is 0 Å². The van der Waals surface area contributed by atoms with Gasteiger partial charge in [0.15, 0.2) is 0 Å². The molecule has 3 heterocycles. The van der Waals surface area contributed by atoms with Crippen LogP contribution in [0.1, 0.15) is 5.56 Å². The average molecular weight is 311 g/mol. The van der Waals surface area contributed by atoms with E-state index < -0.39 is 0 Å². The zero-order valence-electron chi connectivity index (χ0n) is 8.40. The Morgan fingerprint density at radius 3 is 2.88 bits per heavy atom. The molecule has 3 aromatic rings. The molecule has 0 spiro atoms. The lowest BCUT2D eigenvalue weighted by atomic mass is 10.1. The van der Waals surface area contributed by atoms with Crippen molar-refractivity contribution in [2.45, 2.75) is 6.92 Å². The van der Waals surface area contributed by atoms with Crippen LogP contribution >= 0.6 is 38.6 Å². The average Bonchev–Trinajstić information content (AvgIpc) is 2.84. The molecule has 0 radical (unpaired) electrons. The molecule has 0 unspecified atom stereocenters. The molecule has 0 aliphatic heterocycles. The van der Waals surface area contributed by atoms with E-state index in [1.54, 1.807) is 29.0 Å². The number of thiophene rings is 2. The maximum absolute atomic E-state index is 4.28. The van der Waals surface area contributed by atoms with Gasteiger partial charge in [-0.3, -0.25) is 0 Å². The first-order valence-corrected chi connectivity index (χ1v) is 7.25. The third-order valence-electron chi connectivity index (χ3n) is 2.43. The summed E-state index contributed by atoms with van der Waals surface area (Å²) in [6.45, 7) is 2.13. The summed E-state index contributed by atoms with van der Waals surface area (Å²) in [4.78, 5) is 10.8. The normalized spacial score (nSPS) is 11.1. The highest BCUT2D eigenvalue weighted by molar-refractivity contribution is 9.10. The second-order valence-electron chi connectivity index (χ2n) is 3.43. The Balaban J connectivity index is 2.37. The van der Waals surface area contributed by atoms with Crippen LogP contribution in [0.15, 0.2) is 27.8 Å². The van der Waals surface area contributed by atoms with Gasteiger partial charge in [-0.05, 0) is 39.9 Å². The van der Waals surface area contributed by atoms with Crippen molar-refractivity contribution in [2.75, 3.05) is 0 Å². The van der Waals surface area contributed by atoms with Crippen LogP contribution in [0.2, 0.25) is 0 Å². The molecule has 0 N–H and O–H groups in total. The van der Waals surface area contributed by atoms with E-state index >= 15 is 0 Å². The van der Waals surface area contributed by atoms with Crippen molar-refractivity contribution in [1.29, 1.82) is 0 Å². The van der Waals surface area contributed by atoms with E-state index in [4.69, 9.17) is 0 Å². The van der Waals surface area contributed by atoms with Crippen LogP contribution in [0.25, 0.3) is 20.7 Å². The van der Waals surface area contributed by atoms with Crippen LogP contribution in [-0.4, -0.2) is 9.97 Å². The Bertz CT molecular complexity index is 657. The summed E-state index contributed by atoms with van der Waals surface area (Å²) in [6.07, 6.45) is 1.59. The minimum atomic E-state index is 0.876. The summed E-state index contributed by atoms with van der Waals surface area (Å²) in [6, 6.07) is 2.14. The molecule has 80 valence electrons. The highest BCUT2D eigenvalue weighted by Crippen LogP contribution is 2.39. The van der Waals surface area contributed by atoms with Crippen LogP contribution in [0.5, 0.6) is 0 Å². The predicted molar refractivity (Wildman–Crippen MR) is 73.2 cm³/mol. The fourth-order valence-electron chi connectivity index (χ4n) is 1.65. The van der Waals surface area contributed by atoms with Gasteiger partial charge in [0.1, 0.15) is 15.8 Å². The number of halogens is 1. The van der Waals surface area contributed by atoms with Crippen LogP contribution in [0.4, 0.5) is 0 Å². The number of aromatic nitrogens is 2. The smallest absolute Gasteiger partial charge is 0.128 e. The number of fused-ring (bicyclic) bond motifs is 1. The number of hydrogen-bond acceptors (Lipinski definition) is 4. The second kappa shape index (κ2) is 3.91. The minimum Gasteiger partial charge on any atom is -0.229 e. The Kier molecular flexibility index (Phi) is 2.53. The van der Waals surface area contributed by atoms with Gasteiger partial charge in [0.2, 0.25) is 0 Å². The molecule has 0 saturated carbocycles. The molecule has 3 rings (SSSR count). The van der Waals surface area contributed by atoms with Crippen LogP contribution in [0.3, 0.4) is 0 Å². The van der Waals surface area contributed by atoms with E-state index in [1.165, 1.54) is 16.0 Å². The summed E-state index contributed by atoms with van der Waals surface area (Å²) >= 11 is 6.92. The fraction of sp³-hybridized carbons (Fsp3) is 0.0909. The number of rotatable bonds is 1.